The number of hydrogen-bond donors (Lipinski definition) is 0. The number of rotatable bonds is 2. The molecule has 1 aromatic heterocycles. The minimum Gasteiger partial charge on any atom is -0.467 e. The van der Waals surface area contributed by atoms with Crippen LogP contribution >= 0.6 is 0 Å². The van der Waals surface area contributed by atoms with Gasteiger partial charge in [0.1, 0.15) is 0 Å². The summed E-state index contributed by atoms with van der Waals surface area (Å²) in [6.07, 6.45) is 4.98. The average Bonchev–Trinajstić information content (AvgIpc) is 2.05. The Kier molecular flexibility index (Phi) is 1.99. The number of aromatic nitrogens is 2. The summed E-state index contributed by atoms with van der Waals surface area (Å²) in [6.45, 7) is 3.57. The maximum Gasteiger partial charge on any atom is 0.316 e. The largest absolute Gasteiger partial charge is 0.467 e. The number of hydrogen-bond acceptors (Lipinski definition) is 3. The predicted molar refractivity (Wildman–Crippen MR) is 38.7 cm³/mol. The smallest absolute Gasteiger partial charge is 0.316 e. The quantitative estimate of drug-likeness (QED) is 0.611. The van der Waals surface area contributed by atoms with Crippen LogP contribution in [0.4, 0.5) is 0 Å². The van der Waals surface area contributed by atoms with Crippen molar-refractivity contribution < 1.29 is 4.74 Å². The Labute approximate surface area is 59.4 Å². The molecule has 1 aromatic rings. The molecular formula is C7H8N2O. The van der Waals surface area contributed by atoms with E-state index < -0.39 is 0 Å². The molecule has 0 saturated heterocycles. The third-order valence-corrected chi connectivity index (χ3v) is 1.07. The van der Waals surface area contributed by atoms with Gasteiger partial charge in [0.2, 0.25) is 0 Å². The van der Waals surface area contributed by atoms with Crippen molar-refractivity contribution in [1.82, 2.24) is 9.97 Å². The van der Waals surface area contributed by atoms with Gasteiger partial charge >= 0.3 is 6.01 Å². The fourth-order valence-electron chi connectivity index (χ4n) is 0.537. The Bertz CT molecular complexity index is 218. The molecule has 0 fully saturated rings. The highest BCUT2D eigenvalue weighted by Gasteiger charge is 1.90. The van der Waals surface area contributed by atoms with E-state index in [0.717, 1.165) is 5.56 Å². The molecule has 0 aliphatic carbocycles. The highest BCUT2D eigenvalue weighted by atomic mass is 16.5. The van der Waals surface area contributed by atoms with E-state index in [1.54, 1.807) is 18.5 Å². The first-order valence-corrected chi connectivity index (χ1v) is 2.85. The van der Waals surface area contributed by atoms with Gasteiger partial charge in [-0.25, -0.2) is 9.97 Å². The zero-order valence-corrected chi connectivity index (χ0v) is 5.74. The lowest BCUT2D eigenvalue weighted by Crippen LogP contribution is -1.90. The van der Waals surface area contributed by atoms with Gasteiger partial charge in [0, 0.05) is 18.0 Å². The van der Waals surface area contributed by atoms with Crippen LogP contribution in [0.25, 0.3) is 6.08 Å². The molecule has 0 aliphatic heterocycles. The van der Waals surface area contributed by atoms with E-state index in [4.69, 9.17) is 4.74 Å². The van der Waals surface area contributed by atoms with Crippen molar-refractivity contribution in [1.29, 1.82) is 0 Å². The normalized spacial score (nSPS) is 8.90. The lowest BCUT2D eigenvalue weighted by atomic mass is 10.3. The highest BCUT2D eigenvalue weighted by molar-refractivity contribution is 5.43. The maximum atomic E-state index is 4.76. The van der Waals surface area contributed by atoms with E-state index in [9.17, 15) is 0 Å². The fraction of sp³-hybridized carbons (Fsp3) is 0.143. The van der Waals surface area contributed by atoms with Crippen LogP contribution in [0.1, 0.15) is 5.56 Å². The summed E-state index contributed by atoms with van der Waals surface area (Å²) >= 11 is 0. The summed E-state index contributed by atoms with van der Waals surface area (Å²) in [5.41, 5.74) is 0.890. The van der Waals surface area contributed by atoms with Crippen molar-refractivity contribution in [2.75, 3.05) is 7.11 Å². The third kappa shape index (κ3) is 1.31. The predicted octanol–water partition coefficient (Wildman–Crippen LogP) is 1.13. The first-order valence-electron chi connectivity index (χ1n) is 2.85. The lowest BCUT2D eigenvalue weighted by Gasteiger charge is -1.94. The van der Waals surface area contributed by atoms with Gasteiger partial charge in [-0.15, -0.1) is 0 Å². The van der Waals surface area contributed by atoms with Gasteiger partial charge in [-0.3, -0.25) is 0 Å². The van der Waals surface area contributed by atoms with Crippen molar-refractivity contribution in [3.63, 3.8) is 0 Å². The molecule has 1 rings (SSSR count). The first-order chi connectivity index (χ1) is 4.86. The zero-order chi connectivity index (χ0) is 7.40. The van der Waals surface area contributed by atoms with Crippen molar-refractivity contribution in [3.8, 4) is 6.01 Å². The molecule has 0 bridgehead atoms. The van der Waals surface area contributed by atoms with Gasteiger partial charge in [-0.2, -0.15) is 0 Å². The van der Waals surface area contributed by atoms with Crippen LogP contribution < -0.4 is 4.74 Å². The van der Waals surface area contributed by atoms with E-state index in [2.05, 4.69) is 16.5 Å². The van der Waals surface area contributed by atoms with Crippen LogP contribution in [-0.4, -0.2) is 17.1 Å². The number of ether oxygens (including phenoxy) is 1. The summed E-state index contributed by atoms with van der Waals surface area (Å²) in [5, 5.41) is 0. The van der Waals surface area contributed by atoms with Gasteiger partial charge in [0.05, 0.1) is 7.11 Å². The van der Waals surface area contributed by atoms with Crippen molar-refractivity contribution in [2.45, 2.75) is 0 Å². The van der Waals surface area contributed by atoms with Gasteiger partial charge in [0.15, 0.2) is 0 Å². The minimum absolute atomic E-state index is 0.380. The maximum absolute atomic E-state index is 4.76. The molecule has 0 saturated carbocycles. The Balaban J connectivity index is 2.90. The van der Waals surface area contributed by atoms with Gasteiger partial charge in [-0.05, 0) is 0 Å². The van der Waals surface area contributed by atoms with E-state index in [1.807, 2.05) is 0 Å². The Hall–Kier alpha value is -1.38. The molecule has 0 unspecified atom stereocenters. The molecule has 10 heavy (non-hydrogen) atoms. The van der Waals surface area contributed by atoms with Crippen molar-refractivity contribution in [2.24, 2.45) is 0 Å². The topological polar surface area (TPSA) is 35.0 Å². The van der Waals surface area contributed by atoms with Crippen LogP contribution in [0, 0.1) is 0 Å². The van der Waals surface area contributed by atoms with Crippen LogP contribution in [0.15, 0.2) is 19.0 Å². The molecule has 0 aromatic carbocycles. The number of nitrogens with zero attached hydrogens (tertiary/aromatic N) is 2. The van der Waals surface area contributed by atoms with Crippen LogP contribution in [0.5, 0.6) is 6.01 Å². The zero-order valence-electron chi connectivity index (χ0n) is 5.74. The monoisotopic (exact) mass is 136 g/mol. The summed E-state index contributed by atoms with van der Waals surface area (Å²) in [6, 6.07) is 0.380. The molecule has 52 valence electrons. The Morgan fingerprint density at radius 1 is 1.50 bits per heavy atom. The second-order valence-electron chi connectivity index (χ2n) is 1.71. The molecule has 3 heteroatoms. The molecule has 0 aliphatic rings. The second kappa shape index (κ2) is 2.96. The summed E-state index contributed by atoms with van der Waals surface area (Å²) in [7, 11) is 1.53. The van der Waals surface area contributed by atoms with Gasteiger partial charge < -0.3 is 4.74 Å². The Morgan fingerprint density at radius 3 is 2.50 bits per heavy atom. The van der Waals surface area contributed by atoms with Crippen LogP contribution in [0.3, 0.4) is 0 Å². The van der Waals surface area contributed by atoms with Crippen LogP contribution in [0.2, 0.25) is 0 Å². The molecule has 0 radical (unpaired) electrons. The molecule has 0 atom stereocenters. The Morgan fingerprint density at radius 2 is 2.10 bits per heavy atom. The lowest BCUT2D eigenvalue weighted by molar-refractivity contribution is 0.379. The minimum atomic E-state index is 0.380. The molecule has 1 heterocycles. The van der Waals surface area contributed by atoms with Crippen molar-refractivity contribution in [3.05, 3.63) is 24.5 Å². The van der Waals surface area contributed by atoms with Crippen LogP contribution in [-0.2, 0) is 0 Å². The first kappa shape index (κ1) is 6.74. The standard InChI is InChI=1S/C7H8N2O/c1-3-6-4-8-7(10-2)9-5-6/h3-5H,1H2,2H3. The van der Waals surface area contributed by atoms with Gasteiger partial charge in [-0.1, -0.05) is 12.7 Å². The van der Waals surface area contributed by atoms with Crippen molar-refractivity contribution >= 4 is 6.08 Å². The van der Waals surface area contributed by atoms with Gasteiger partial charge in [0.25, 0.3) is 0 Å². The number of methoxy groups -OCH3 is 1. The second-order valence-corrected chi connectivity index (χ2v) is 1.71. The van der Waals surface area contributed by atoms with E-state index in [1.165, 1.54) is 7.11 Å². The summed E-state index contributed by atoms with van der Waals surface area (Å²) in [4.78, 5) is 7.73. The van der Waals surface area contributed by atoms with E-state index in [-0.39, 0.29) is 0 Å². The molecular weight excluding hydrogens is 128 g/mol. The average molecular weight is 136 g/mol. The van der Waals surface area contributed by atoms with E-state index >= 15 is 0 Å². The SMILES string of the molecule is C=Cc1cnc(OC)nc1. The molecule has 0 amide bonds. The third-order valence-electron chi connectivity index (χ3n) is 1.07. The van der Waals surface area contributed by atoms with E-state index in [0.29, 0.717) is 6.01 Å². The summed E-state index contributed by atoms with van der Waals surface area (Å²) < 4.78 is 4.76. The molecule has 0 N–H and O–H groups in total. The summed E-state index contributed by atoms with van der Waals surface area (Å²) in [5.74, 6) is 0. The molecule has 0 spiro atoms. The highest BCUT2D eigenvalue weighted by Crippen LogP contribution is 2.01. The fourth-order valence-corrected chi connectivity index (χ4v) is 0.537. The molecule has 3 nitrogen and oxygen atoms in total.